The van der Waals surface area contributed by atoms with E-state index in [1.54, 1.807) is 25.3 Å². The first-order valence-electron chi connectivity index (χ1n) is 7.28. The van der Waals surface area contributed by atoms with E-state index in [1.165, 1.54) is 0 Å². The van der Waals surface area contributed by atoms with E-state index in [0.717, 1.165) is 16.8 Å². The van der Waals surface area contributed by atoms with E-state index in [4.69, 9.17) is 10.5 Å². The molecule has 2 aromatic carbocycles. The number of methoxy groups -OCH3 is 1. The maximum absolute atomic E-state index is 12.5. The van der Waals surface area contributed by atoms with Crippen LogP contribution in [0.4, 0.5) is 11.4 Å². The van der Waals surface area contributed by atoms with E-state index in [1.807, 2.05) is 25.1 Å². The Labute approximate surface area is 131 Å². The summed E-state index contributed by atoms with van der Waals surface area (Å²) >= 11 is 0. The maximum Gasteiger partial charge on any atom is 0.257 e. The number of anilines is 2. The first kappa shape index (κ1) is 15.9. The molecule has 22 heavy (non-hydrogen) atoms. The Morgan fingerprint density at radius 2 is 1.95 bits per heavy atom. The Bertz CT molecular complexity index is 693. The zero-order valence-corrected chi connectivity index (χ0v) is 13.4. The van der Waals surface area contributed by atoms with Crippen molar-refractivity contribution in [2.24, 2.45) is 0 Å². The van der Waals surface area contributed by atoms with E-state index in [-0.39, 0.29) is 5.91 Å². The van der Waals surface area contributed by atoms with Crippen LogP contribution in [0.2, 0.25) is 0 Å². The lowest BCUT2D eigenvalue weighted by atomic mass is 9.98. The predicted molar refractivity (Wildman–Crippen MR) is 90.6 cm³/mol. The molecule has 0 heterocycles. The number of nitrogens with two attached hydrogens (primary N) is 1. The summed E-state index contributed by atoms with van der Waals surface area (Å²) in [6.07, 6.45) is 0. The highest BCUT2D eigenvalue weighted by Gasteiger charge is 2.15. The van der Waals surface area contributed by atoms with Crippen molar-refractivity contribution < 1.29 is 9.53 Å². The van der Waals surface area contributed by atoms with Crippen LogP contribution in [0.25, 0.3) is 0 Å². The molecule has 0 atom stereocenters. The van der Waals surface area contributed by atoms with Gasteiger partial charge in [-0.2, -0.15) is 0 Å². The summed E-state index contributed by atoms with van der Waals surface area (Å²) in [7, 11) is 1.57. The topological polar surface area (TPSA) is 64.3 Å². The second-order valence-corrected chi connectivity index (χ2v) is 5.60. The van der Waals surface area contributed by atoms with Gasteiger partial charge >= 0.3 is 0 Å². The molecule has 0 aromatic heterocycles. The number of carbonyl (C=O) groups is 1. The maximum atomic E-state index is 12.5. The van der Waals surface area contributed by atoms with Crippen LogP contribution in [0.5, 0.6) is 5.75 Å². The third kappa shape index (κ3) is 3.22. The van der Waals surface area contributed by atoms with E-state index in [9.17, 15) is 4.79 Å². The zero-order valence-electron chi connectivity index (χ0n) is 13.4. The van der Waals surface area contributed by atoms with E-state index in [2.05, 4.69) is 19.2 Å². The molecule has 0 saturated heterocycles. The highest BCUT2D eigenvalue weighted by Crippen LogP contribution is 2.28. The summed E-state index contributed by atoms with van der Waals surface area (Å²) in [6, 6.07) is 11.1. The highest BCUT2D eigenvalue weighted by molar-refractivity contribution is 6.08. The molecule has 0 radical (unpaired) electrons. The lowest BCUT2D eigenvalue weighted by molar-refractivity contribution is 0.102. The number of amides is 1. The van der Waals surface area contributed by atoms with Gasteiger partial charge in [-0.1, -0.05) is 32.0 Å². The van der Waals surface area contributed by atoms with Crippen molar-refractivity contribution in [2.75, 3.05) is 18.2 Å². The van der Waals surface area contributed by atoms with E-state index < -0.39 is 0 Å². The number of ether oxygens (including phenoxy) is 1. The molecule has 4 nitrogen and oxygen atoms in total. The molecule has 1 amide bonds. The van der Waals surface area contributed by atoms with Crippen LogP contribution < -0.4 is 15.8 Å². The van der Waals surface area contributed by atoms with Gasteiger partial charge in [-0.05, 0) is 36.1 Å². The Hall–Kier alpha value is -2.49. The molecule has 0 spiro atoms. The molecule has 0 unspecified atom stereocenters. The number of rotatable bonds is 4. The van der Waals surface area contributed by atoms with Crippen LogP contribution in [-0.2, 0) is 0 Å². The lowest BCUT2D eigenvalue weighted by Crippen LogP contribution is -2.16. The predicted octanol–water partition coefficient (Wildman–Crippen LogP) is 3.96. The minimum absolute atomic E-state index is 0.212. The smallest absolute Gasteiger partial charge is 0.257 e. The Kier molecular flexibility index (Phi) is 4.71. The van der Waals surface area contributed by atoms with Crippen molar-refractivity contribution >= 4 is 17.3 Å². The van der Waals surface area contributed by atoms with Gasteiger partial charge in [0.05, 0.1) is 12.7 Å². The molecule has 2 rings (SSSR count). The number of para-hydroxylation sites is 1. The quantitative estimate of drug-likeness (QED) is 0.840. The standard InChI is InChI=1S/C18H22N2O2/c1-11(2)14-7-5-6-12(3)17(14)20-18(21)15-9-8-13(22-4)10-16(15)19/h5-11H,19H2,1-4H3,(H,20,21). The van der Waals surface area contributed by atoms with Crippen LogP contribution in [-0.4, -0.2) is 13.0 Å². The average molecular weight is 298 g/mol. The van der Waals surface area contributed by atoms with Crippen molar-refractivity contribution in [1.82, 2.24) is 0 Å². The molecule has 0 fully saturated rings. The van der Waals surface area contributed by atoms with Gasteiger partial charge in [0.2, 0.25) is 0 Å². The fourth-order valence-corrected chi connectivity index (χ4v) is 2.40. The molecule has 0 saturated carbocycles. The second kappa shape index (κ2) is 6.52. The minimum Gasteiger partial charge on any atom is -0.497 e. The first-order valence-corrected chi connectivity index (χ1v) is 7.28. The monoisotopic (exact) mass is 298 g/mol. The summed E-state index contributed by atoms with van der Waals surface area (Å²) in [5.41, 5.74) is 9.79. The first-order chi connectivity index (χ1) is 10.4. The Balaban J connectivity index is 2.34. The third-order valence-corrected chi connectivity index (χ3v) is 3.67. The molecule has 2 aromatic rings. The van der Waals surface area contributed by atoms with Crippen molar-refractivity contribution in [2.45, 2.75) is 26.7 Å². The summed E-state index contributed by atoms with van der Waals surface area (Å²) in [5.74, 6) is 0.743. The van der Waals surface area contributed by atoms with Gasteiger partial charge in [0.15, 0.2) is 0 Å². The average Bonchev–Trinajstić information content (AvgIpc) is 2.48. The van der Waals surface area contributed by atoms with Gasteiger partial charge in [-0.25, -0.2) is 0 Å². The number of hydrogen-bond acceptors (Lipinski definition) is 3. The zero-order chi connectivity index (χ0) is 16.3. The van der Waals surface area contributed by atoms with Crippen LogP contribution >= 0.6 is 0 Å². The molecule has 116 valence electrons. The Morgan fingerprint density at radius 3 is 2.55 bits per heavy atom. The van der Waals surface area contributed by atoms with Gasteiger partial charge < -0.3 is 15.8 Å². The van der Waals surface area contributed by atoms with E-state index in [0.29, 0.717) is 22.9 Å². The van der Waals surface area contributed by atoms with Crippen LogP contribution in [0.3, 0.4) is 0 Å². The summed E-state index contributed by atoms with van der Waals surface area (Å²) < 4.78 is 5.11. The van der Waals surface area contributed by atoms with Gasteiger partial charge in [-0.3, -0.25) is 4.79 Å². The summed E-state index contributed by atoms with van der Waals surface area (Å²) in [6.45, 7) is 6.19. The van der Waals surface area contributed by atoms with Crippen LogP contribution in [0.15, 0.2) is 36.4 Å². The second-order valence-electron chi connectivity index (χ2n) is 5.60. The lowest BCUT2D eigenvalue weighted by Gasteiger charge is -2.17. The normalized spacial score (nSPS) is 10.6. The highest BCUT2D eigenvalue weighted by atomic mass is 16.5. The molecule has 3 N–H and O–H groups in total. The molecular formula is C18H22N2O2. The third-order valence-electron chi connectivity index (χ3n) is 3.67. The number of aryl methyl sites for hydroxylation is 1. The Morgan fingerprint density at radius 1 is 1.23 bits per heavy atom. The SMILES string of the molecule is COc1ccc(C(=O)Nc2c(C)cccc2C(C)C)c(N)c1. The van der Waals surface area contributed by atoms with Gasteiger partial charge in [-0.15, -0.1) is 0 Å². The van der Waals surface area contributed by atoms with Crippen molar-refractivity contribution in [3.05, 3.63) is 53.1 Å². The van der Waals surface area contributed by atoms with Crippen LogP contribution in [0, 0.1) is 6.92 Å². The molecule has 0 aliphatic heterocycles. The number of nitrogens with one attached hydrogen (secondary N) is 1. The van der Waals surface area contributed by atoms with Gasteiger partial charge in [0.25, 0.3) is 5.91 Å². The fourth-order valence-electron chi connectivity index (χ4n) is 2.40. The fraction of sp³-hybridized carbons (Fsp3) is 0.278. The van der Waals surface area contributed by atoms with Gasteiger partial charge in [0.1, 0.15) is 5.75 Å². The number of hydrogen-bond donors (Lipinski definition) is 2. The molecule has 4 heteroatoms. The largest absolute Gasteiger partial charge is 0.497 e. The van der Waals surface area contributed by atoms with Gasteiger partial charge in [0, 0.05) is 17.4 Å². The molecule has 0 aliphatic carbocycles. The van der Waals surface area contributed by atoms with Crippen molar-refractivity contribution in [3.63, 3.8) is 0 Å². The summed E-state index contributed by atoms with van der Waals surface area (Å²) in [4.78, 5) is 12.5. The van der Waals surface area contributed by atoms with E-state index >= 15 is 0 Å². The molecular weight excluding hydrogens is 276 g/mol. The number of benzene rings is 2. The van der Waals surface area contributed by atoms with Crippen molar-refractivity contribution in [3.8, 4) is 5.75 Å². The van der Waals surface area contributed by atoms with Crippen molar-refractivity contribution in [1.29, 1.82) is 0 Å². The minimum atomic E-state index is -0.212. The number of carbonyl (C=O) groups excluding carboxylic acids is 1. The van der Waals surface area contributed by atoms with Crippen LogP contribution in [0.1, 0.15) is 41.3 Å². The summed E-state index contributed by atoms with van der Waals surface area (Å²) in [5, 5.41) is 2.99. The molecule has 0 bridgehead atoms. The number of nitrogen functional groups attached to an aromatic ring is 1. The molecule has 0 aliphatic rings.